The van der Waals surface area contributed by atoms with Crippen molar-refractivity contribution in [1.29, 1.82) is 0 Å². The van der Waals surface area contributed by atoms with Crippen molar-refractivity contribution in [2.24, 2.45) is 0 Å². The van der Waals surface area contributed by atoms with Crippen LogP contribution in [0.1, 0.15) is 35.5 Å². The van der Waals surface area contributed by atoms with E-state index in [0.717, 1.165) is 12.8 Å². The summed E-state index contributed by atoms with van der Waals surface area (Å²) < 4.78 is 5.16. The highest BCUT2D eigenvalue weighted by Crippen LogP contribution is 2.28. The molecule has 0 aliphatic heterocycles. The minimum Gasteiger partial charge on any atom is -0.467 e. The van der Waals surface area contributed by atoms with Gasteiger partial charge in [-0.3, -0.25) is 14.6 Å². The van der Waals surface area contributed by atoms with Crippen molar-refractivity contribution < 1.29 is 14.0 Å². The van der Waals surface area contributed by atoms with Gasteiger partial charge in [0.1, 0.15) is 11.5 Å². The largest absolute Gasteiger partial charge is 0.467 e. The Kier molecular flexibility index (Phi) is 4.65. The maximum atomic E-state index is 12.5. The molecule has 0 bridgehead atoms. The lowest BCUT2D eigenvalue weighted by Gasteiger charge is -2.21. The van der Waals surface area contributed by atoms with Crippen LogP contribution in [0.25, 0.3) is 0 Å². The molecular weight excluding hydrogens is 296 g/mol. The zero-order valence-corrected chi connectivity index (χ0v) is 12.6. The van der Waals surface area contributed by atoms with Gasteiger partial charge in [-0.05, 0) is 25.0 Å². The molecule has 2 aromatic heterocycles. The van der Waals surface area contributed by atoms with E-state index in [4.69, 9.17) is 4.42 Å². The molecule has 23 heavy (non-hydrogen) atoms. The second-order valence-corrected chi connectivity index (χ2v) is 5.43. The average Bonchev–Trinajstić information content (AvgIpc) is 3.28. The summed E-state index contributed by atoms with van der Waals surface area (Å²) in [6.07, 6.45) is 8.24. The highest BCUT2D eigenvalue weighted by molar-refractivity contribution is 5.92. The molecule has 0 aromatic carbocycles. The third kappa shape index (κ3) is 4.15. The first-order chi connectivity index (χ1) is 11.2. The summed E-state index contributed by atoms with van der Waals surface area (Å²) in [5, 5.41) is 2.78. The SMILES string of the molecule is O=C(CCN(C(=O)c1cnccn1)C1CC1)NCc1ccco1. The quantitative estimate of drug-likeness (QED) is 0.834. The second-order valence-electron chi connectivity index (χ2n) is 5.43. The lowest BCUT2D eigenvalue weighted by atomic mass is 10.3. The van der Waals surface area contributed by atoms with Crippen LogP contribution in [-0.4, -0.2) is 39.3 Å². The number of carbonyl (C=O) groups is 2. The third-order valence-corrected chi connectivity index (χ3v) is 3.65. The molecule has 2 heterocycles. The summed E-state index contributed by atoms with van der Waals surface area (Å²) >= 11 is 0. The van der Waals surface area contributed by atoms with Crippen LogP contribution in [0.4, 0.5) is 0 Å². The molecular formula is C16H18N4O3. The number of nitrogens with zero attached hydrogens (tertiary/aromatic N) is 3. The van der Waals surface area contributed by atoms with E-state index in [1.807, 2.05) is 0 Å². The van der Waals surface area contributed by atoms with Gasteiger partial charge in [0.15, 0.2) is 0 Å². The highest BCUT2D eigenvalue weighted by Gasteiger charge is 2.33. The Bertz CT molecular complexity index is 653. The minimum absolute atomic E-state index is 0.112. The van der Waals surface area contributed by atoms with E-state index in [1.165, 1.54) is 18.6 Å². The fourth-order valence-corrected chi connectivity index (χ4v) is 2.30. The number of rotatable bonds is 7. The average molecular weight is 314 g/mol. The van der Waals surface area contributed by atoms with Crippen molar-refractivity contribution in [2.75, 3.05) is 6.54 Å². The number of furan rings is 1. The van der Waals surface area contributed by atoms with E-state index < -0.39 is 0 Å². The molecule has 7 heteroatoms. The molecule has 1 N–H and O–H groups in total. The number of carbonyl (C=O) groups excluding carboxylic acids is 2. The van der Waals surface area contributed by atoms with Gasteiger partial charge in [-0.15, -0.1) is 0 Å². The molecule has 1 saturated carbocycles. The predicted octanol–water partition coefficient (Wildman–Crippen LogP) is 1.38. The molecule has 0 radical (unpaired) electrons. The maximum Gasteiger partial charge on any atom is 0.274 e. The van der Waals surface area contributed by atoms with Gasteiger partial charge in [0.25, 0.3) is 5.91 Å². The number of hydrogen-bond acceptors (Lipinski definition) is 5. The Morgan fingerprint density at radius 1 is 1.35 bits per heavy atom. The monoisotopic (exact) mass is 314 g/mol. The molecule has 0 atom stereocenters. The molecule has 1 aliphatic rings. The Hall–Kier alpha value is -2.70. The highest BCUT2D eigenvalue weighted by atomic mass is 16.3. The standard InChI is InChI=1S/C16H18N4O3/c21-15(19-10-13-2-1-9-23-13)5-8-20(12-3-4-12)16(22)14-11-17-6-7-18-14/h1-2,6-7,9,11-12H,3-5,8,10H2,(H,19,21). The first-order valence-corrected chi connectivity index (χ1v) is 7.60. The number of nitrogens with one attached hydrogen (secondary N) is 1. The normalized spacial score (nSPS) is 13.6. The van der Waals surface area contributed by atoms with Crippen molar-refractivity contribution in [1.82, 2.24) is 20.2 Å². The Morgan fingerprint density at radius 3 is 2.87 bits per heavy atom. The van der Waals surface area contributed by atoms with Crippen molar-refractivity contribution in [3.05, 3.63) is 48.4 Å². The molecule has 2 amide bonds. The van der Waals surface area contributed by atoms with Crippen molar-refractivity contribution >= 4 is 11.8 Å². The van der Waals surface area contributed by atoms with Crippen LogP contribution in [0.3, 0.4) is 0 Å². The molecule has 0 unspecified atom stereocenters. The Labute approximate surface area is 133 Å². The summed E-state index contributed by atoms with van der Waals surface area (Å²) in [5.74, 6) is 0.423. The van der Waals surface area contributed by atoms with E-state index in [1.54, 1.807) is 23.3 Å². The predicted molar refractivity (Wildman–Crippen MR) is 81.3 cm³/mol. The number of aromatic nitrogens is 2. The molecule has 0 spiro atoms. The number of hydrogen-bond donors (Lipinski definition) is 1. The molecule has 1 fully saturated rings. The van der Waals surface area contributed by atoms with Crippen LogP contribution < -0.4 is 5.32 Å². The van der Waals surface area contributed by atoms with Crippen molar-refractivity contribution in [2.45, 2.75) is 31.8 Å². The summed E-state index contributed by atoms with van der Waals surface area (Å²) in [7, 11) is 0. The minimum atomic E-state index is -0.167. The smallest absolute Gasteiger partial charge is 0.274 e. The van der Waals surface area contributed by atoms with Gasteiger partial charge in [-0.25, -0.2) is 4.98 Å². The molecule has 7 nitrogen and oxygen atoms in total. The second kappa shape index (κ2) is 7.04. The first-order valence-electron chi connectivity index (χ1n) is 7.60. The van der Waals surface area contributed by atoms with Crippen LogP contribution in [0, 0.1) is 0 Å². The van der Waals surface area contributed by atoms with Gasteiger partial charge in [-0.2, -0.15) is 0 Å². The maximum absolute atomic E-state index is 12.5. The Balaban J connectivity index is 1.51. The van der Waals surface area contributed by atoms with E-state index >= 15 is 0 Å². The lowest BCUT2D eigenvalue weighted by molar-refractivity contribution is -0.121. The molecule has 2 aromatic rings. The van der Waals surface area contributed by atoms with E-state index in [0.29, 0.717) is 24.5 Å². The lowest BCUT2D eigenvalue weighted by Crippen LogP contribution is -2.37. The molecule has 120 valence electrons. The van der Waals surface area contributed by atoms with Crippen LogP contribution in [0.2, 0.25) is 0 Å². The van der Waals surface area contributed by atoms with Crippen molar-refractivity contribution in [3.8, 4) is 0 Å². The van der Waals surface area contributed by atoms with Gasteiger partial charge in [0.05, 0.1) is 19.0 Å². The summed E-state index contributed by atoms with van der Waals surface area (Å²) in [5.41, 5.74) is 0.315. The van der Waals surface area contributed by atoms with E-state index in [2.05, 4.69) is 15.3 Å². The zero-order valence-electron chi connectivity index (χ0n) is 12.6. The molecule has 1 aliphatic carbocycles. The Morgan fingerprint density at radius 2 is 2.22 bits per heavy atom. The van der Waals surface area contributed by atoms with Gasteiger partial charge in [0.2, 0.25) is 5.91 Å². The van der Waals surface area contributed by atoms with E-state index in [-0.39, 0.29) is 24.3 Å². The van der Waals surface area contributed by atoms with Gasteiger partial charge < -0.3 is 14.6 Å². The van der Waals surface area contributed by atoms with Crippen LogP contribution in [0.15, 0.2) is 41.4 Å². The first kappa shape index (κ1) is 15.2. The van der Waals surface area contributed by atoms with E-state index in [9.17, 15) is 9.59 Å². The van der Waals surface area contributed by atoms with Gasteiger partial charge in [0, 0.05) is 31.4 Å². The fraction of sp³-hybridized carbons (Fsp3) is 0.375. The summed E-state index contributed by atoms with van der Waals surface area (Å²) in [6.45, 7) is 0.734. The number of amides is 2. The summed E-state index contributed by atoms with van der Waals surface area (Å²) in [6, 6.07) is 3.78. The topological polar surface area (TPSA) is 88.3 Å². The van der Waals surface area contributed by atoms with Gasteiger partial charge in [-0.1, -0.05) is 0 Å². The molecule has 3 rings (SSSR count). The summed E-state index contributed by atoms with van der Waals surface area (Å²) in [4.78, 5) is 34.1. The van der Waals surface area contributed by atoms with Crippen molar-refractivity contribution in [3.63, 3.8) is 0 Å². The van der Waals surface area contributed by atoms with Crippen LogP contribution in [0.5, 0.6) is 0 Å². The molecule has 0 saturated heterocycles. The fourth-order valence-electron chi connectivity index (χ4n) is 2.30. The van der Waals surface area contributed by atoms with Crippen LogP contribution >= 0.6 is 0 Å². The van der Waals surface area contributed by atoms with Crippen LogP contribution in [-0.2, 0) is 11.3 Å². The van der Waals surface area contributed by atoms with Gasteiger partial charge >= 0.3 is 0 Å². The zero-order chi connectivity index (χ0) is 16.1. The third-order valence-electron chi connectivity index (χ3n) is 3.65.